The van der Waals surface area contributed by atoms with Gasteiger partial charge in [-0.25, -0.2) is 9.78 Å². The molecule has 1 N–H and O–H groups in total. The van der Waals surface area contributed by atoms with Crippen LogP contribution < -0.4 is 0 Å². The molecule has 0 atom stereocenters. The van der Waals surface area contributed by atoms with E-state index in [1.807, 2.05) is 19.1 Å². The second-order valence-electron chi connectivity index (χ2n) is 4.30. The number of rotatable bonds is 6. The lowest BCUT2D eigenvalue weighted by Gasteiger charge is -1.99. The molecule has 106 valence electrons. The van der Waals surface area contributed by atoms with Gasteiger partial charge in [0.2, 0.25) is 0 Å². The molecular formula is C14H16N2O3S. The van der Waals surface area contributed by atoms with Crippen molar-refractivity contribution < 1.29 is 14.6 Å². The zero-order valence-corrected chi connectivity index (χ0v) is 12.2. The van der Waals surface area contributed by atoms with E-state index in [0.29, 0.717) is 0 Å². The Kier molecular flexibility index (Phi) is 4.81. The zero-order valence-electron chi connectivity index (χ0n) is 11.4. The highest BCUT2D eigenvalue weighted by Crippen LogP contribution is 2.28. The summed E-state index contributed by atoms with van der Waals surface area (Å²) in [6.07, 6.45) is 2.66. The third-order valence-corrected chi connectivity index (χ3v) is 3.96. The Labute approximate surface area is 121 Å². The van der Waals surface area contributed by atoms with Crippen LogP contribution in [0.1, 0.15) is 23.2 Å². The molecule has 0 radical (unpaired) electrons. The van der Waals surface area contributed by atoms with Crippen molar-refractivity contribution in [3.63, 3.8) is 0 Å². The summed E-state index contributed by atoms with van der Waals surface area (Å²) in [5, 5.41) is 9.47. The average molecular weight is 292 g/mol. The first-order chi connectivity index (χ1) is 9.60. The summed E-state index contributed by atoms with van der Waals surface area (Å²) in [6, 6.07) is 3.96. The lowest BCUT2D eigenvalue weighted by atomic mass is 10.2. The SMILES string of the molecule is CCc1cc(-c2nc(C)c(COCC(=O)O)s2)ccn1. The van der Waals surface area contributed by atoms with E-state index < -0.39 is 5.97 Å². The number of nitrogens with zero attached hydrogens (tertiary/aromatic N) is 2. The molecule has 5 nitrogen and oxygen atoms in total. The molecule has 0 spiro atoms. The van der Waals surface area contributed by atoms with Crippen molar-refractivity contribution in [2.75, 3.05) is 6.61 Å². The summed E-state index contributed by atoms with van der Waals surface area (Å²) in [5.74, 6) is -0.964. The number of carboxylic acids is 1. The Hall–Kier alpha value is -1.79. The number of aryl methyl sites for hydroxylation is 2. The van der Waals surface area contributed by atoms with Gasteiger partial charge in [-0.2, -0.15) is 0 Å². The number of carbonyl (C=O) groups is 1. The van der Waals surface area contributed by atoms with Gasteiger partial charge in [-0.05, 0) is 25.5 Å². The molecule has 0 aromatic carbocycles. The van der Waals surface area contributed by atoms with Gasteiger partial charge in [0.1, 0.15) is 11.6 Å². The molecule has 0 unspecified atom stereocenters. The smallest absolute Gasteiger partial charge is 0.329 e. The maximum Gasteiger partial charge on any atom is 0.329 e. The van der Waals surface area contributed by atoms with Crippen molar-refractivity contribution in [2.45, 2.75) is 26.9 Å². The molecule has 0 aliphatic carbocycles. The largest absolute Gasteiger partial charge is 0.480 e. The molecule has 2 aromatic rings. The normalized spacial score (nSPS) is 10.7. The fraction of sp³-hybridized carbons (Fsp3) is 0.357. The van der Waals surface area contributed by atoms with Crippen LogP contribution in [0.2, 0.25) is 0 Å². The van der Waals surface area contributed by atoms with E-state index >= 15 is 0 Å². The molecule has 6 heteroatoms. The molecule has 0 saturated heterocycles. The highest BCUT2D eigenvalue weighted by Gasteiger charge is 2.10. The highest BCUT2D eigenvalue weighted by atomic mass is 32.1. The van der Waals surface area contributed by atoms with E-state index in [-0.39, 0.29) is 13.2 Å². The maximum atomic E-state index is 10.4. The molecule has 0 aliphatic rings. The van der Waals surface area contributed by atoms with Crippen molar-refractivity contribution in [3.05, 3.63) is 34.6 Å². The van der Waals surface area contributed by atoms with Crippen LogP contribution in [0.25, 0.3) is 10.6 Å². The highest BCUT2D eigenvalue weighted by molar-refractivity contribution is 7.15. The minimum absolute atomic E-state index is 0.279. The Bertz CT molecular complexity index is 610. The zero-order chi connectivity index (χ0) is 14.5. The quantitative estimate of drug-likeness (QED) is 0.886. The summed E-state index contributed by atoms with van der Waals surface area (Å²) < 4.78 is 5.11. The second kappa shape index (κ2) is 6.58. The van der Waals surface area contributed by atoms with Crippen molar-refractivity contribution in [3.8, 4) is 10.6 Å². The fourth-order valence-corrected chi connectivity index (χ4v) is 2.72. The number of pyridine rings is 1. The predicted octanol–water partition coefficient (Wildman–Crippen LogP) is 2.68. The molecule has 20 heavy (non-hydrogen) atoms. The first kappa shape index (κ1) is 14.6. The first-order valence-corrected chi connectivity index (χ1v) is 7.13. The van der Waals surface area contributed by atoms with Crippen LogP contribution in [0.3, 0.4) is 0 Å². The molecule has 0 fully saturated rings. The Balaban J connectivity index is 2.15. The van der Waals surface area contributed by atoms with Crippen LogP contribution >= 0.6 is 11.3 Å². The van der Waals surface area contributed by atoms with Gasteiger partial charge >= 0.3 is 5.97 Å². The molecule has 0 bridgehead atoms. The monoisotopic (exact) mass is 292 g/mol. The summed E-state index contributed by atoms with van der Waals surface area (Å²) in [5.41, 5.74) is 2.94. The molecule has 2 rings (SSSR count). The number of aromatic nitrogens is 2. The maximum absolute atomic E-state index is 10.4. The minimum Gasteiger partial charge on any atom is -0.480 e. The van der Waals surface area contributed by atoms with Gasteiger partial charge < -0.3 is 9.84 Å². The van der Waals surface area contributed by atoms with E-state index in [4.69, 9.17) is 9.84 Å². The summed E-state index contributed by atoms with van der Waals surface area (Å²) in [7, 11) is 0. The Morgan fingerprint density at radius 2 is 2.30 bits per heavy atom. The van der Waals surface area contributed by atoms with Crippen LogP contribution in [-0.2, 0) is 22.6 Å². The van der Waals surface area contributed by atoms with E-state index in [2.05, 4.69) is 16.9 Å². The standard InChI is InChI=1S/C14H16N2O3S/c1-3-11-6-10(4-5-15-11)14-16-9(2)12(20-14)7-19-8-13(17)18/h4-6H,3,7-8H2,1-2H3,(H,17,18). The van der Waals surface area contributed by atoms with Crippen molar-refractivity contribution >= 4 is 17.3 Å². The number of hydrogen-bond acceptors (Lipinski definition) is 5. The van der Waals surface area contributed by atoms with Crippen LogP contribution in [-0.4, -0.2) is 27.7 Å². The Morgan fingerprint density at radius 3 is 3.00 bits per heavy atom. The number of thiazole rings is 1. The second-order valence-corrected chi connectivity index (χ2v) is 5.39. The number of ether oxygens (including phenoxy) is 1. The molecule has 0 amide bonds. The number of carboxylic acid groups (broad SMARTS) is 1. The van der Waals surface area contributed by atoms with Crippen LogP contribution in [0.4, 0.5) is 0 Å². The van der Waals surface area contributed by atoms with Crippen molar-refractivity contribution in [1.29, 1.82) is 0 Å². The van der Waals surface area contributed by atoms with Crippen LogP contribution in [0, 0.1) is 6.92 Å². The first-order valence-electron chi connectivity index (χ1n) is 6.31. The van der Waals surface area contributed by atoms with Gasteiger partial charge in [0.15, 0.2) is 0 Å². The molecule has 0 aliphatic heterocycles. The van der Waals surface area contributed by atoms with E-state index in [0.717, 1.165) is 33.3 Å². The van der Waals surface area contributed by atoms with Crippen molar-refractivity contribution in [2.24, 2.45) is 0 Å². The predicted molar refractivity (Wildman–Crippen MR) is 76.8 cm³/mol. The van der Waals surface area contributed by atoms with Crippen molar-refractivity contribution in [1.82, 2.24) is 9.97 Å². The minimum atomic E-state index is -0.964. The lowest BCUT2D eigenvalue weighted by molar-refractivity contribution is -0.142. The average Bonchev–Trinajstić information content (AvgIpc) is 2.80. The van der Waals surface area contributed by atoms with Gasteiger partial charge in [0, 0.05) is 17.5 Å². The third-order valence-electron chi connectivity index (χ3n) is 2.78. The molecule has 0 saturated carbocycles. The van der Waals surface area contributed by atoms with Gasteiger partial charge in [-0.15, -0.1) is 11.3 Å². The lowest BCUT2D eigenvalue weighted by Crippen LogP contribution is -2.06. The summed E-state index contributed by atoms with van der Waals surface area (Å²) >= 11 is 1.53. The van der Waals surface area contributed by atoms with Gasteiger partial charge in [-0.1, -0.05) is 6.92 Å². The van der Waals surface area contributed by atoms with Gasteiger partial charge in [-0.3, -0.25) is 4.98 Å². The Morgan fingerprint density at radius 1 is 1.50 bits per heavy atom. The van der Waals surface area contributed by atoms with Crippen LogP contribution in [0.15, 0.2) is 18.3 Å². The van der Waals surface area contributed by atoms with E-state index in [9.17, 15) is 4.79 Å². The fourth-order valence-electron chi connectivity index (χ4n) is 1.72. The van der Waals surface area contributed by atoms with Crippen LogP contribution in [0.5, 0.6) is 0 Å². The topological polar surface area (TPSA) is 72.3 Å². The summed E-state index contributed by atoms with van der Waals surface area (Å²) in [6.45, 7) is 3.95. The molecule has 2 aromatic heterocycles. The summed E-state index contributed by atoms with van der Waals surface area (Å²) in [4.78, 5) is 20.2. The molecular weight excluding hydrogens is 276 g/mol. The third kappa shape index (κ3) is 3.61. The van der Waals surface area contributed by atoms with Gasteiger partial charge in [0.05, 0.1) is 17.2 Å². The molecule has 2 heterocycles. The van der Waals surface area contributed by atoms with Gasteiger partial charge in [0.25, 0.3) is 0 Å². The number of aliphatic carboxylic acids is 1. The number of hydrogen-bond donors (Lipinski definition) is 1. The van der Waals surface area contributed by atoms with E-state index in [1.165, 1.54) is 11.3 Å². The van der Waals surface area contributed by atoms with E-state index in [1.54, 1.807) is 6.20 Å².